The Morgan fingerprint density at radius 2 is 1.08 bits per heavy atom. The maximum absolute atomic E-state index is 14.0. The van der Waals surface area contributed by atoms with E-state index in [1.165, 1.54) is 0 Å². The maximum Gasteiger partial charge on any atom is 0.427 e. The molecule has 2 amide bonds. The van der Waals surface area contributed by atoms with Gasteiger partial charge in [-0.2, -0.15) is 9.97 Å². The van der Waals surface area contributed by atoms with Crippen molar-refractivity contribution in [1.82, 2.24) is 19.5 Å². The van der Waals surface area contributed by atoms with Crippen LogP contribution in [-0.4, -0.2) is 98.4 Å². The SMILES string of the molecule is CC(C)(C)OC(=O)N(C(=O)OC(C)(C)C)c1nc(OC(C)(C)C)c2nc(N)n([C@@H]3O[C@H](CO[Si](C)(C)C(C)(C)C)[C@@H](O[Si](C)(C)C(C)(C)C)[C@H]3O[Si](C)(C)C(C)(C)C)c2n1. The Morgan fingerprint density at radius 3 is 1.48 bits per heavy atom. The molecule has 2 N–H and O–H groups in total. The topological polar surface area (TPSA) is 172 Å². The van der Waals surface area contributed by atoms with Crippen molar-refractivity contribution in [1.29, 1.82) is 0 Å². The Balaban J connectivity index is 2.49. The predicted molar refractivity (Wildman–Crippen MR) is 246 cm³/mol. The number of nitrogens with zero attached hydrogens (tertiary/aromatic N) is 5. The molecule has 0 bridgehead atoms. The minimum absolute atomic E-state index is 0.0168. The number of nitrogens with two attached hydrogens (primary N) is 1. The van der Waals surface area contributed by atoms with E-state index in [0.717, 1.165) is 0 Å². The van der Waals surface area contributed by atoms with Crippen molar-refractivity contribution in [3.05, 3.63) is 0 Å². The zero-order valence-corrected chi connectivity index (χ0v) is 44.5. The molecule has 0 saturated carbocycles. The second-order valence-electron chi connectivity index (χ2n) is 23.7. The summed E-state index contributed by atoms with van der Waals surface area (Å²) in [5.74, 6) is -0.350. The molecule has 18 heteroatoms. The van der Waals surface area contributed by atoms with Crippen LogP contribution in [0.5, 0.6) is 5.88 Å². The van der Waals surface area contributed by atoms with Crippen LogP contribution in [0.4, 0.5) is 21.5 Å². The highest BCUT2D eigenvalue weighted by Gasteiger charge is 2.56. The van der Waals surface area contributed by atoms with Crippen molar-refractivity contribution < 1.29 is 41.8 Å². The molecule has 1 aliphatic heterocycles. The summed E-state index contributed by atoms with van der Waals surface area (Å²) in [6.45, 7) is 49.0. The number of anilines is 2. The fourth-order valence-corrected chi connectivity index (χ4v) is 9.00. The fourth-order valence-electron chi connectivity index (χ4n) is 5.38. The molecule has 344 valence electrons. The minimum Gasteiger partial charge on any atom is -0.470 e. The van der Waals surface area contributed by atoms with E-state index in [9.17, 15) is 9.59 Å². The summed E-state index contributed by atoms with van der Waals surface area (Å²) < 4.78 is 48.3. The molecule has 15 nitrogen and oxygen atoms in total. The van der Waals surface area contributed by atoms with Crippen LogP contribution in [0.15, 0.2) is 0 Å². The molecule has 0 aliphatic carbocycles. The van der Waals surface area contributed by atoms with Crippen LogP contribution in [0.2, 0.25) is 54.4 Å². The molecule has 0 unspecified atom stereocenters. The smallest absolute Gasteiger partial charge is 0.427 e. The van der Waals surface area contributed by atoms with Gasteiger partial charge in [0.1, 0.15) is 35.1 Å². The van der Waals surface area contributed by atoms with E-state index in [1.807, 2.05) is 20.8 Å². The molecule has 2 aromatic rings. The lowest BCUT2D eigenvalue weighted by molar-refractivity contribution is -0.0460. The molecule has 60 heavy (non-hydrogen) atoms. The molecule has 0 radical (unpaired) electrons. The first-order chi connectivity index (χ1) is 26.5. The standard InChI is InChI=1S/C42H80N6O9Si3/c1-37(2,3)53-31-27-30(45-34(46-31)48(35(49)54-38(4,5)6)36(50)55-39(7,8)9)47(33(43)44-27)32-29(57-60(23,24)42(16,17)18)28(56-59(21,22)41(13,14)15)26(52-32)25-51-58(19,20)40(10,11)12/h26,28-29,32H,25H2,1-24H3,(H2,43,44)/t26-,28-,29-,32-/m1/s1. The number of imidazole rings is 1. The third-order valence-corrected chi connectivity index (χ3v) is 25.2. The Morgan fingerprint density at radius 1 is 0.650 bits per heavy atom. The van der Waals surface area contributed by atoms with Crippen molar-refractivity contribution in [2.45, 2.75) is 220 Å². The second-order valence-corrected chi connectivity index (χ2v) is 38.0. The second kappa shape index (κ2) is 16.8. The highest BCUT2D eigenvalue weighted by Crippen LogP contribution is 2.48. The first-order valence-corrected chi connectivity index (χ1v) is 29.9. The van der Waals surface area contributed by atoms with Crippen molar-refractivity contribution in [3.63, 3.8) is 0 Å². The average Bonchev–Trinajstić information content (AvgIpc) is 3.47. The molecule has 0 aromatic carbocycles. The van der Waals surface area contributed by atoms with Crippen LogP contribution >= 0.6 is 0 Å². The monoisotopic (exact) mass is 897 g/mol. The molecule has 2 aromatic heterocycles. The van der Waals surface area contributed by atoms with Gasteiger partial charge in [-0.1, -0.05) is 62.3 Å². The lowest BCUT2D eigenvalue weighted by Crippen LogP contribution is -2.54. The summed E-state index contributed by atoms with van der Waals surface area (Å²) >= 11 is 0. The number of ether oxygens (including phenoxy) is 4. The molecule has 3 heterocycles. The zero-order valence-electron chi connectivity index (χ0n) is 41.5. The highest BCUT2D eigenvalue weighted by molar-refractivity contribution is 6.75. The Bertz CT molecular complexity index is 1830. The van der Waals surface area contributed by atoms with Gasteiger partial charge in [0.05, 0.1) is 6.61 Å². The van der Waals surface area contributed by atoms with Gasteiger partial charge >= 0.3 is 12.2 Å². The average molecular weight is 897 g/mol. The number of amides is 2. The Kier molecular flexibility index (Phi) is 14.5. The number of nitrogen functional groups attached to an aromatic ring is 1. The van der Waals surface area contributed by atoms with E-state index < -0.39 is 78.5 Å². The predicted octanol–water partition coefficient (Wildman–Crippen LogP) is 11.0. The van der Waals surface area contributed by atoms with Gasteiger partial charge in [-0.25, -0.2) is 14.6 Å². The van der Waals surface area contributed by atoms with Gasteiger partial charge in [-0.05, 0) is 117 Å². The van der Waals surface area contributed by atoms with Crippen LogP contribution < -0.4 is 15.4 Å². The Labute approximate surface area is 363 Å². The number of carbonyl (C=O) groups excluding carboxylic acids is 2. The molecule has 3 rings (SSSR count). The van der Waals surface area contributed by atoms with Gasteiger partial charge in [-0.3, -0.25) is 4.57 Å². The van der Waals surface area contributed by atoms with Gasteiger partial charge in [-0.15, -0.1) is 4.90 Å². The molecular formula is C42H80N6O9Si3. The van der Waals surface area contributed by atoms with E-state index in [-0.39, 0.29) is 50.7 Å². The molecule has 0 spiro atoms. The maximum atomic E-state index is 14.0. The van der Waals surface area contributed by atoms with Gasteiger partial charge < -0.3 is 38.0 Å². The number of fused-ring (bicyclic) bond motifs is 1. The van der Waals surface area contributed by atoms with E-state index in [2.05, 4.69) is 107 Å². The van der Waals surface area contributed by atoms with Crippen LogP contribution in [-0.2, 0) is 27.5 Å². The van der Waals surface area contributed by atoms with Crippen LogP contribution in [0.3, 0.4) is 0 Å². The number of imide groups is 1. The third-order valence-electron chi connectivity index (χ3n) is 11.7. The first-order valence-electron chi connectivity index (χ1n) is 21.1. The summed E-state index contributed by atoms with van der Waals surface area (Å²) in [6.07, 6.45) is -4.92. The van der Waals surface area contributed by atoms with Gasteiger partial charge in [0.25, 0.3) is 0 Å². The summed E-state index contributed by atoms with van der Waals surface area (Å²) in [7, 11) is -7.35. The number of hydrogen-bond donors (Lipinski definition) is 1. The number of rotatable bonds is 10. The van der Waals surface area contributed by atoms with Crippen molar-refractivity contribution >= 4 is 60.2 Å². The normalized spacial score (nSPS) is 20.4. The van der Waals surface area contributed by atoms with Gasteiger partial charge in [0, 0.05) is 0 Å². The number of carbonyl (C=O) groups is 2. The summed E-state index contributed by atoms with van der Waals surface area (Å²) in [5, 5.41) is -0.401. The van der Waals surface area contributed by atoms with E-state index in [1.54, 1.807) is 46.1 Å². The molecular weight excluding hydrogens is 817 g/mol. The van der Waals surface area contributed by atoms with Crippen molar-refractivity contribution in [2.24, 2.45) is 0 Å². The van der Waals surface area contributed by atoms with Crippen LogP contribution in [0.1, 0.15) is 131 Å². The van der Waals surface area contributed by atoms with Gasteiger partial charge in [0.15, 0.2) is 42.3 Å². The van der Waals surface area contributed by atoms with E-state index in [0.29, 0.717) is 4.90 Å². The fraction of sp³-hybridized carbons (Fsp3) is 0.833. The summed E-state index contributed by atoms with van der Waals surface area (Å²) in [6, 6.07) is 0. The summed E-state index contributed by atoms with van der Waals surface area (Å²) in [5.41, 5.74) is 4.50. The lowest BCUT2D eigenvalue weighted by Gasteiger charge is -2.44. The lowest BCUT2D eigenvalue weighted by atomic mass is 10.1. The third kappa shape index (κ3) is 12.3. The summed E-state index contributed by atoms with van der Waals surface area (Å²) in [4.78, 5) is 42.9. The van der Waals surface area contributed by atoms with E-state index in [4.69, 9.17) is 47.9 Å². The van der Waals surface area contributed by atoms with Gasteiger partial charge in [0.2, 0.25) is 17.8 Å². The zero-order chi connectivity index (χ0) is 46.8. The van der Waals surface area contributed by atoms with Crippen LogP contribution in [0.25, 0.3) is 11.2 Å². The quantitative estimate of drug-likeness (QED) is 0.224. The molecule has 1 aliphatic rings. The number of aromatic nitrogens is 4. The highest BCUT2D eigenvalue weighted by atomic mass is 28.4. The largest absolute Gasteiger partial charge is 0.470 e. The van der Waals surface area contributed by atoms with Crippen LogP contribution in [0, 0.1) is 0 Å². The first kappa shape index (κ1) is 51.7. The molecule has 1 saturated heterocycles. The molecule has 4 atom stereocenters. The van der Waals surface area contributed by atoms with Crippen molar-refractivity contribution in [2.75, 3.05) is 17.2 Å². The Hall–Kier alpha value is -2.62. The minimum atomic E-state index is -2.58. The molecule has 1 fully saturated rings. The van der Waals surface area contributed by atoms with Crippen molar-refractivity contribution in [3.8, 4) is 5.88 Å². The number of hydrogen-bond acceptors (Lipinski definition) is 13. The van der Waals surface area contributed by atoms with E-state index >= 15 is 0 Å².